The molecule has 2 aromatic heterocycles. The molecule has 6 nitrogen and oxygen atoms in total. The zero-order valence-electron chi connectivity index (χ0n) is 12.5. The summed E-state index contributed by atoms with van der Waals surface area (Å²) in [7, 11) is 1.31. The SMILES string of the molecule is CC1CCC(n2cnc3c(N)nccc32)CC1.COC=O. The predicted octanol–water partition coefficient (Wildman–Crippen LogP) is 2.55. The maximum atomic E-state index is 8.95. The van der Waals surface area contributed by atoms with Gasteiger partial charge in [0, 0.05) is 12.2 Å². The van der Waals surface area contributed by atoms with Gasteiger partial charge < -0.3 is 15.0 Å². The first-order valence-electron chi connectivity index (χ1n) is 7.20. The lowest BCUT2D eigenvalue weighted by Gasteiger charge is -2.27. The number of imidazole rings is 1. The summed E-state index contributed by atoms with van der Waals surface area (Å²) in [5.74, 6) is 1.40. The van der Waals surface area contributed by atoms with Crippen LogP contribution in [0.15, 0.2) is 18.6 Å². The van der Waals surface area contributed by atoms with Gasteiger partial charge in [-0.15, -0.1) is 0 Å². The molecule has 0 saturated heterocycles. The van der Waals surface area contributed by atoms with Gasteiger partial charge >= 0.3 is 0 Å². The van der Waals surface area contributed by atoms with Gasteiger partial charge in [-0.3, -0.25) is 4.79 Å². The van der Waals surface area contributed by atoms with E-state index in [-0.39, 0.29) is 0 Å². The number of nitrogens with two attached hydrogens (primary N) is 1. The number of carbonyl (C=O) groups is 1. The van der Waals surface area contributed by atoms with E-state index in [1.807, 2.05) is 12.4 Å². The van der Waals surface area contributed by atoms with Crippen LogP contribution in [0.3, 0.4) is 0 Å². The molecular weight excluding hydrogens is 268 g/mol. The number of nitrogen functional groups attached to an aromatic ring is 1. The topological polar surface area (TPSA) is 83.0 Å². The van der Waals surface area contributed by atoms with Gasteiger partial charge in [0.1, 0.15) is 5.52 Å². The fourth-order valence-electron chi connectivity index (χ4n) is 2.79. The molecule has 1 aliphatic carbocycles. The van der Waals surface area contributed by atoms with Gasteiger partial charge in [-0.25, -0.2) is 9.97 Å². The smallest absolute Gasteiger partial charge is 0.292 e. The van der Waals surface area contributed by atoms with Crippen molar-refractivity contribution >= 4 is 23.3 Å². The number of nitrogens with zero attached hydrogens (tertiary/aromatic N) is 3. The van der Waals surface area contributed by atoms with Gasteiger partial charge in [0.05, 0.1) is 19.0 Å². The fraction of sp³-hybridized carbons (Fsp3) is 0.533. The van der Waals surface area contributed by atoms with Crippen LogP contribution in [0.1, 0.15) is 38.6 Å². The Labute approximate surface area is 124 Å². The van der Waals surface area contributed by atoms with E-state index in [9.17, 15) is 0 Å². The van der Waals surface area contributed by atoms with Crippen molar-refractivity contribution in [2.24, 2.45) is 5.92 Å². The van der Waals surface area contributed by atoms with Crippen LogP contribution < -0.4 is 5.73 Å². The first kappa shape index (κ1) is 15.3. The molecule has 1 aliphatic rings. The normalized spacial score (nSPS) is 21.4. The Hall–Kier alpha value is -2.11. The van der Waals surface area contributed by atoms with Gasteiger partial charge in [-0.05, 0) is 37.7 Å². The summed E-state index contributed by atoms with van der Waals surface area (Å²) in [6.45, 7) is 2.71. The van der Waals surface area contributed by atoms with E-state index in [4.69, 9.17) is 10.5 Å². The zero-order valence-corrected chi connectivity index (χ0v) is 12.5. The van der Waals surface area contributed by atoms with E-state index in [0.29, 0.717) is 18.3 Å². The molecule has 0 unspecified atom stereocenters. The first-order chi connectivity index (χ1) is 10.2. The molecule has 3 rings (SSSR count). The predicted molar refractivity (Wildman–Crippen MR) is 81.7 cm³/mol. The lowest BCUT2D eigenvalue weighted by atomic mass is 9.87. The van der Waals surface area contributed by atoms with Crippen molar-refractivity contribution in [1.29, 1.82) is 0 Å². The Kier molecular flexibility index (Phi) is 5.14. The van der Waals surface area contributed by atoms with Crippen LogP contribution in [0.25, 0.3) is 11.0 Å². The molecule has 2 heterocycles. The Bertz CT molecular complexity index is 588. The lowest BCUT2D eigenvalue weighted by Crippen LogP contribution is -2.16. The van der Waals surface area contributed by atoms with E-state index >= 15 is 0 Å². The molecule has 0 aliphatic heterocycles. The highest BCUT2D eigenvalue weighted by molar-refractivity contribution is 5.84. The number of hydrogen-bond acceptors (Lipinski definition) is 5. The minimum absolute atomic E-state index is 0.375. The largest absolute Gasteiger partial charge is 0.471 e. The summed E-state index contributed by atoms with van der Waals surface area (Å²) < 4.78 is 6.14. The highest BCUT2D eigenvalue weighted by Gasteiger charge is 2.21. The molecule has 1 fully saturated rings. The van der Waals surface area contributed by atoms with Crippen LogP contribution in [-0.4, -0.2) is 28.1 Å². The summed E-state index contributed by atoms with van der Waals surface area (Å²) in [6.07, 6.45) is 8.80. The van der Waals surface area contributed by atoms with Crippen LogP contribution in [0.5, 0.6) is 0 Å². The van der Waals surface area contributed by atoms with Gasteiger partial charge in [-0.1, -0.05) is 6.92 Å². The quantitative estimate of drug-likeness (QED) is 0.859. The van der Waals surface area contributed by atoms with Crippen LogP contribution >= 0.6 is 0 Å². The average Bonchev–Trinajstić information content (AvgIpc) is 2.94. The standard InChI is InChI=1S/C13H18N4.C2H4O2/c1-9-2-4-10(5-3-9)17-8-16-12-11(17)6-7-15-13(12)14;1-4-2-3/h6-10H,2-5H2,1H3,(H2,14,15);2H,1H3. The highest BCUT2D eigenvalue weighted by Crippen LogP contribution is 2.34. The second-order valence-electron chi connectivity index (χ2n) is 5.46. The summed E-state index contributed by atoms with van der Waals surface area (Å²) >= 11 is 0. The number of anilines is 1. The third-order valence-electron chi connectivity index (χ3n) is 4.00. The molecule has 6 heteroatoms. The molecule has 21 heavy (non-hydrogen) atoms. The number of hydrogen-bond donors (Lipinski definition) is 1. The van der Waals surface area contributed by atoms with E-state index in [1.165, 1.54) is 32.8 Å². The summed E-state index contributed by atoms with van der Waals surface area (Å²) in [4.78, 5) is 17.4. The van der Waals surface area contributed by atoms with Crippen molar-refractivity contribution in [3.8, 4) is 0 Å². The lowest BCUT2D eigenvalue weighted by molar-refractivity contribution is -0.126. The van der Waals surface area contributed by atoms with Crippen molar-refractivity contribution in [3.05, 3.63) is 18.6 Å². The van der Waals surface area contributed by atoms with E-state index in [0.717, 1.165) is 17.0 Å². The van der Waals surface area contributed by atoms with Crippen molar-refractivity contribution in [3.63, 3.8) is 0 Å². The first-order valence-corrected chi connectivity index (χ1v) is 7.20. The van der Waals surface area contributed by atoms with Crippen molar-refractivity contribution < 1.29 is 9.53 Å². The third kappa shape index (κ3) is 3.51. The number of pyridine rings is 1. The van der Waals surface area contributed by atoms with Crippen molar-refractivity contribution in [2.75, 3.05) is 12.8 Å². The van der Waals surface area contributed by atoms with Crippen molar-refractivity contribution in [2.45, 2.75) is 38.6 Å². The minimum atomic E-state index is 0.375. The molecule has 0 amide bonds. The van der Waals surface area contributed by atoms with Crippen LogP contribution in [0.2, 0.25) is 0 Å². The molecule has 1 saturated carbocycles. The van der Waals surface area contributed by atoms with E-state index in [1.54, 1.807) is 6.20 Å². The summed E-state index contributed by atoms with van der Waals surface area (Å²) in [6, 6.07) is 2.59. The monoisotopic (exact) mass is 290 g/mol. The minimum Gasteiger partial charge on any atom is -0.471 e. The van der Waals surface area contributed by atoms with Crippen molar-refractivity contribution in [1.82, 2.24) is 14.5 Å². The fourth-order valence-corrected chi connectivity index (χ4v) is 2.79. The van der Waals surface area contributed by atoms with Crippen LogP contribution in [0, 0.1) is 5.92 Å². The molecule has 0 radical (unpaired) electrons. The zero-order chi connectivity index (χ0) is 15.2. The number of carbonyl (C=O) groups excluding carboxylic acids is 1. The van der Waals surface area contributed by atoms with Gasteiger partial charge in [-0.2, -0.15) is 0 Å². The molecule has 114 valence electrons. The maximum absolute atomic E-state index is 8.95. The van der Waals surface area contributed by atoms with Crippen LogP contribution in [-0.2, 0) is 9.53 Å². The Balaban J connectivity index is 0.000000361. The van der Waals surface area contributed by atoms with Gasteiger partial charge in [0.2, 0.25) is 0 Å². The van der Waals surface area contributed by atoms with E-state index < -0.39 is 0 Å². The molecular formula is C15H22N4O2. The number of fused-ring (bicyclic) bond motifs is 1. The molecule has 2 aromatic rings. The average molecular weight is 290 g/mol. The molecule has 2 N–H and O–H groups in total. The summed E-state index contributed by atoms with van der Waals surface area (Å²) in [5, 5.41) is 0. The highest BCUT2D eigenvalue weighted by atomic mass is 16.5. The number of aromatic nitrogens is 3. The Morgan fingerprint density at radius 2 is 2.00 bits per heavy atom. The number of ether oxygens (including phenoxy) is 1. The van der Waals surface area contributed by atoms with Gasteiger partial charge in [0.15, 0.2) is 5.82 Å². The third-order valence-corrected chi connectivity index (χ3v) is 4.00. The summed E-state index contributed by atoms with van der Waals surface area (Å²) in [5.41, 5.74) is 7.80. The molecule has 0 spiro atoms. The van der Waals surface area contributed by atoms with E-state index in [2.05, 4.69) is 26.2 Å². The maximum Gasteiger partial charge on any atom is 0.292 e. The number of methoxy groups -OCH3 is 1. The van der Waals surface area contributed by atoms with Gasteiger partial charge in [0.25, 0.3) is 6.47 Å². The second-order valence-corrected chi connectivity index (χ2v) is 5.46. The Morgan fingerprint density at radius 3 is 2.62 bits per heavy atom. The second kappa shape index (κ2) is 7.06. The molecule has 0 bridgehead atoms. The number of rotatable bonds is 2. The van der Waals surface area contributed by atoms with Crippen LogP contribution in [0.4, 0.5) is 5.82 Å². The molecule has 0 aromatic carbocycles. The molecule has 0 atom stereocenters. The Morgan fingerprint density at radius 1 is 1.33 bits per heavy atom.